The molecule has 0 saturated heterocycles. The van der Waals surface area contributed by atoms with Crippen molar-refractivity contribution in [1.82, 2.24) is 9.97 Å². The number of nitrogens with two attached hydrogens (primary N) is 1. The van der Waals surface area contributed by atoms with Gasteiger partial charge in [0.25, 0.3) is 0 Å². The standard InChI is InChI=1S/C16H12N4O/c1-10-2-3-15(21-10)12-8-14(11-4-6-19-7-5-11)20-16(18)13(12)9-17/h2-8H,1H3,(H2,18,20). The Morgan fingerprint density at radius 3 is 2.57 bits per heavy atom. The second-order valence-corrected chi connectivity index (χ2v) is 4.57. The molecule has 0 aliphatic carbocycles. The number of hydrogen-bond acceptors (Lipinski definition) is 5. The number of nitrogen functional groups attached to an aromatic ring is 1. The molecule has 0 aliphatic heterocycles. The fraction of sp³-hybridized carbons (Fsp3) is 0.0625. The molecule has 0 atom stereocenters. The van der Waals surface area contributed by atoms with Crippen LogP contribution in [0.15, 0.2) is 47.1 Å². The van der Waals surface area contributed by atoms with Crippen molar-refractivity contribution in [2.45, 2.75) is 6.92 Å². The third kappa shape index (κ3) is 2.35. The first-order valence-corrected chi connectivity index (χ1v) is 6.37. The maximum atomic E-state index is 9.31. The highest BCUT2D eigenvalue weighted by Gasteiger charge is 2.15. The summed E-state index contributed by atoms with van der Waals surface area (Å²) in [6.45, 7) is 1.85. The molecule has 5 heteroatoms. The zero-order valence-electron chi connectivity index (χ0n) is 11.4. The molecule has 102 valence electrons. The summed E-state index contributed by atoms with van der Waals surface area (Å²) in [5.41, 5.74) is 8.45. The molecule has 2 N–H and O–H groups in total. The van der Waals surface area contributed by atoms with Gasteiger partial charge in [-0.25, -0.2) is 4.98 Å². The van der Waals surface area contributed by atoms with Crippen molar-refractivity contribution in [3.8, 4) is 28.7 Å². The molecule has 3 aromatic rings. The Balaban J connectivity index is 2.23. The summed E-state index contributed by atoms with van der Waals surface area (Å²) < 4.78 is 5.61. The van der Waals surface area contributed by atoms with Crippen LogP contribution in [0.25, 0.3) is 22.6 Å². The molecule has 3 rings (SSSR count). The highest BCUT2D eigenvalue weighted by molar-refractivity contribution is 5.77. The van der Waals surface area contributed by atoms with Gasteiger partial charge in [0, 0.05) is 23.5 Å². The van der Waals surface area contributed by atoms with Crippen LogP contribution in [0, 0.1) is 18.3 Å². The number of furan rings is 1. The lowest BCUT2D eigenvalue weighted by atomic mass is 10.0. The molecule has 3 aromatic heterocycles. The van der Waals surface area contributed by atoms with Crippen LogP contribution in [-0.2, 0) is 0 Å². The number of nitriles is 1. The Morgan fingerprint density at radius 2 is 1.95 bits per heavy atom. The van der Waals surface area contributed by atoms with Crippen molar-refractivity contribution in [1.29, 1.82) is 5.26 Å². The van der Waals surface area contributed by atoms with Crippen molar-refractivity contribution >= 4 is 5.82 Å². The van der Waals surface area contributed by atoms with Gasteiger partial charge >= 0.3 is 0 Å². The molecule has 0 saturated carbocycles. The number of aryl methyl sites for hydroxylation is 1. The van der Waals surface area contributed by atoms with Crippen molar-refractivity contribution in [2.24, 2.45) is 0 Å². The molecule has 0 bridgehead atoms. The van der Waals surface area contributed by atoms with Crippen LogP contribution in [0.1, 0.15) is 11.3 Å². The summed E-state index contributed by atoms with van der Waals surface area (Å²) in [6, 6.07) is 11.2. The maximum Gasteiger partial charge on any atom is 0.142 e. The number of rotatable bonds is 2. The fourth-order valence-electron chi connectivity index (χ4n) is 2.13. The van der Waals surface area contributed by atoms with E-state index in [1.165, 1.54) is 0 Å². The van der Waals surface area contributed by atoms with Crippen molar-refractivity contribution in [3.05, 3.63) is 54.0 Å². The van der Waals surface area contributed by atoms with Gasteiger partial charge in [-0.15, -0.1) is 0 Å². The van der Waals surface area contributed by atoms with E-state index in [-0.39, 0.29) is 5.82 Å². The van der Waals surface area contributed by atoms with E-state index >= 15 is 0 Å². The lowest BCUT2D eigenvalue weighted by Crippen LogP contribution is -1.99. The van der Waals surface area contributed by atoms with E-state index in [0.29, 0.717) is 22.6 Å². The van der Waals surface area contributed by atoms with E-state index in [1.807, 2.05) is 37.3 Å². The summed E-state index contributed by atoms with van der Waals surface area (Å²) in [5.74, 6) is 1.57. The molecule has 0 radical (unpaired) electrons. The summed E-state index contributed by atoms with van der Waals surface area (Å²) in [7, 11) is 0. The maximum absolute atomic E-state index is 9.31. The normalized spacial score (nSPS) is 10.3. The molecular formula is C16H12N4O. The number of aromatic nitrogens is 2. The van der Waals surface area contributed by atoms with Gasteiger partial charge in [-0.1, -0.05) is 0 Å². The first-order chi connectivity index (χ1) is 10.2. The molecule has 0 aromatic carbocycles. The predicted molar refractivity (Wildman–Crippen MR) is 79.0 cm³/mol. The average Bonchev–Trinajstić information content (AvgIpc) is 2.94. The Morgan fingerprint density at radius 1 is 1.19 bits per heavy atom. The minimum absolute atomic E-state index is 0.191. The Hall–Kier alpha value is -3.13. The first-order valence-electron chi connectivity index (χ1n) is 6.37. The Kier molecular flexibility index (Phi) is 3.13. The Bertz CT molecular complexity index is 831. The van der Waals surface area contributed by atoms with Gasteiger partial charge in [-0.3, -0.25) is 4.98 Å². The Labute approximate surface area is 121 Å². The van der Waals surface area contributed by atoms with Gasteiger partial charge in [-0.2, -0.15) is 5.26 Å². The first kappa shape index (κ1) is 12.9. The summed E-state index contributed by atoms with van der Waals surface area (Å²) in [4.78, 5) is 8.27. The van der Waals surface area contributed by atoms with Gasteiger partial charge in [0.2, 0.25) is 0 Å². The third-order valence-corrected chi connectivity index (χ3v) is 3.14. The van der Waals surface area contributed by atoms with Crippen LogP contribution in [0.2, 0.25) is 0 Å². The zero-order chi connectivity index (χ0) is 14.8. The monoisotopic (exact) mass is 276 g/mol. The van der Waals surface area contributed by atoms with E-state index in [9.17, 15) is 5.26 Å². The molecule has 21 heavy (non-hydrogen) atoms. The van der Waals surface area contributed by atoms with Crippen LogP contribution in [-0.4, -0.2) is 9.97 Å². The topological polar surface area (TPSA) is 88.7 Å². The molecule has 0 unspecified atom stereocenters. The lowest BCUT2D eigenvalue weighted by Gasteiger charge is -2.08. The molecule has 0 amide bonds. The van der Waals surface area contributed by atoms with Crippen LogP contribution in [0.5, 0.6) is 0 Å². The molecule has 5 nitrogen and oxygen atoms in total. The minimum atomic E-state index is 0.191. The smallest absolute Gasteiger partial charge is 0.142 e. The molecular weight excluding hydrogens is 264 g/mol. The summed E-state index contributed by atoms with van der Waals surface area (Å²) in [5, 5.41) is 9.31. The van der Waals surface area contributed by atoms with Crippen LogP contribution in [0.3, 0.4) is 0 Å². The fourth-order valence-corrected chi connectivity index (χ4v) is 2.13. The van der Waals surface area contributed by atoms with E-state index in [1.54, 1.807) is 12.4 Å². The molecule has 3 heterocycles. The van der Waals surface area contributed by atoms with Gasteiger partial charge in [0.15, 0.2) is 0 Å². The second-order valence-electron chi connectivity index (χ2n) is 4.57. The lowest BCUT2D eigenvalue weighted by molar-refractivity contribution is 0.548. The molecule has 0 spiro atoms. The average molecular weight is 276 g/mol. The third-order valence-electron chi connectivity index (χ3n) is 3.14. The number of hydrogen-bond donors (Lipinski definition) is 1. The van der Waals surface area contributed by atoms with Gasteiger partial charge in [-0.05, 0) is 37.3 Å². The van der Waals surface area contributed by atoms with E-state index in [2.05, 4.69) is 16.0 Å². The summed E-state index contributed by atoms with van der Waals surface area (Å²) in [6.07, 6.45) is 3.37. The van der Waals surface area contributed by atoms with Gasteiger partial charge in [0.1, 0.15) is 29.0 Å². The van der Waals surface area contributed by atoms with Gasteiger partial charge in [0.05, 0.1) is 5.69 Å². The number of anilines is 1. The van der Waals surface area contributed by atoms with E-state index in [0.717, 1.165) is 11.3 Å². The zero-order valence-corrected chi connectivity index (χ0v) is 11.4. The van der Waals surface area contributed by atoms with Crippen molar-refractivity contribution in [2.75, 3.05) is 5.73 Å². The SMILES string of the molecule is Cc1ccc(-c2cc(-c3ccncc3)nc(N)c2C#N)o1. The predicted octanol–water partition coefficient (Wildman–Crippen LogP) is 3.17. The molecule has 0 fully saturated rings. The highest BCUT2D eigenvalue weighted by Crippen LogP contribution is 2.31. The molecule has 0 aliphatic rings. The van der Waals surface area contributed by atoms with Crippen LogP contribution >= 0.6 is 0 Å². The van der Waals surface area contributed by atoms with E-state index in [4.69, 9.17) is 10.2 Å². The van der Waals surface area contributed by atoms with Gasteiger partial charge < -0.3 is 10.2 Å². The van der Waals surface area contributed by atoms with Crippen LogP contribution < -0.4 is 5.73 Å². The largest absolute Gasteiger partial charge is 0.461 e. The number of pyridine rings is 2. The van der Waals surface area contributed by atoms with Crippen molar-refractivity contribution < 1.29 is 4.42 Å². The highest BCUT2D eigenvalue weighted by atomic mass is 16.3. The minimum Gasteiger partial charge on any atom is -0.461 e. The summed E-state index contributed by atoms with van der Waals surface area (Å²) >= 11 is 0. The van der Waals surface area contributed by atoms with Crippen LogP contribution in [0.4, 0.5) is 5.82 Å². The van der Waals surface area contributed by atoms with E-state index < -0.39 is 0 Å². The second kappa shape index (κ2) is 5.10. The quantitative estimate of drug-likeness (QED) is 0.776. The number of nitrogens with zero attached hydrogens (tertiary/aromatic N) is 3. The van der Waals surface area contributed by atoms with Crippen molar-refractivity contribution in [3.63, 3.8) is 0 Å².